The molecule has 3 rings (SSSR count). The molecule has 1 N–H and O–H groups in total. The van der Waals surface area contributed by atoms with Crippen molar-refractivity contribution in [3.05, 3.63) is 17.5 Å². The van der Waals surface area contributed by atoms with Gasteiger partial charge in [0.05, 0.1) is 11.7 Å². The fourth-order valence-electron chi connectivity index (χ4n) is 3.11. The first-order valence-electron chi connectivity index (χ1n) is 7.15. The van der Waals surface area contributed by atoms with Gasteiger partial charge in [-0.15, -0.1) is 0 Å². The Hall–Kier alpha value is -1.40. The van der Waals surface area contributed by atoms with Crippen LogP contribution in [-0.2, 0) is 4.74 Å². The lowest BCUT2D eigenvalue weighted by Crippen LogP contribution is -2.56. The van der Waals surface area contributed by atoms with Crippen molar-refractivity contribution >= 4 is 5.91 Å². The largest absolute Gasteiger partial charge is 0.390 e. The molecule has 0 aliphatic carbocycles. The summed E-state index contributed by atoms with van der Waals surface area (Å²) in [6.45, 7) is 3.64. The van der Waals surface area contributed by atoms with E-state index in [-0.39, 0.29) is 5.91 Å². The fourth-order valence-corrected chi connectivity index (χ4v) is 3.11. The Morgan fingerprint density at radius 1 is 1.50 bits per heavy atom. The first-order chi connectivity index (χ1) is 9.61. The van der Waals surface area contributed by atoms with Crippen LogP contribution in [0.1, 0.15) is 41.9 Å². The molecular weight excluding hydrogens is 260 g/mol. The minimum Gasteiger partial charge on any atom is -0.390 e. The van der Waals surface area contributed by atoms with E-state index in [1.54, 1.807) is 17.9 Å². The summed E-state index contributed by atoms with van der Waals surface area (Å²) >= 11 is 0. The van der Waals surface area contributed by atoms with E-state index in [0.717, 1.165) is 12.8 Å². The molecular formula is C14H20N2O4. The van der Waals surface area contributed by atoms with E-state index in [9.17, 15) is 9.90 Å². The zero-order chi connectivity index (χ0) is 14.2. The highest BCUT2D eigenvalue weighted by Crippen LogP contribution is 2.35. The molecule has 2 saturated heterocycles. The normalized spacial score (nSPS) is 25.9. The summed E-state index contributed by atoms with van der Waals surface area (Å²) < 4.78 is 10.8. The number of aryl methyl sites for hydroxylation is 1. The van der Waals surface area contributed by atoms with Gasteiger partial charge in [-0.3, -0.25) is 4.79 Å². The van der Waals surface area contributed by atoms with Crippen LogP contribution in [0.5, 0.6) is 0 Å². The Bertz CT molecular complexity index is 491. The van der Waals surface area contributed by atoms with Gasteiger partial charge in [0.25, 0.3) is 5.91 Å². The summed E-state index contributed by atoms with van der Waals surface area (Å²) in [5, 5.41) is 13.9. The molecule has 20 heavy (non-hydrogen) atoms. The minimum atomic E-state index is -0.450. The molecule has 2 fully saturated rings. The predicted octanol–water partition coefficient (Wildman–Crippen LogP) is 1.13. The third-order valence-electron chi connectivity index (χ3n) is 4.36. The smallest absolute Gasteiger partial charge is 0.276 e. The van der Waals surface area contributed by atoms with Gasteiger partial charge in [-0.05, 0) is 32.6 Å². The molecule has 1 spiro atoms. The van der Waals surface area contributed by atoms with Crippen molar-refractivity contribution in [2.75, 3.05) is 19.7 Å². The summed E-state index contributed by atoms with van der Waals surface area (Å²) in [6, 6.07) is 1.65. The highest BCUT2D eigenvalue weighted by molar-refractivity contribution is 5.92. The van der Waals surface area contributed by atoms with Crippen molar-refractivity contribution in [1.82, 2.24) is 10.1 Å². The molecule has 1 amide bonds. The Kier molecular flexibility index (Phi) is 3.52. The van der Waals surface area contributed by atoms with Crippen LogP contribution >= 0.6 is 0 Å². The molecule has 110 valence electrons. The number of aromatic nitrogens is 1. The fraction of sp³-hybridized carbons (Fsp3) is 0.714. The highest BCUT2D eigenvalue weighted by atomic mass is 16.5. The predicted molar refractivity (Wildman–Crippen MR) is 70.3 cm³/mol. The quantitative estimate of drug-likeness (QED) is 0.834. The number of aliphatic hydroxyl groups excluding tert-OH is 1. The van der Waals surface area contributed by atoms with E-state index in [4.69, 9.17) is 9.26 Å². The van der Waals surface area contributed by atoms with Gasteiger partial charge in [0.15, 0.2) is 5.69 Å². The zero-order valence-electron chi connectivity index (χ0n) is 11.7. The van der Waals surface area contributed by atoms with Crippen LogP contribution in [0.2, 0.25) is 0 Å². The third-order valence-corrected chi connectivity index (χ3v) is 4.36. The molecule has 2 aliphatic rings. The number of likely N-dealkylation sites (tertiary alicyclic amines) is 1. The Morgan fingerprint density at radius 2 is 2.25 bits per heavy atom. The number of carbonyl (C=O) groups is 1. The summed E-state index contributed by atoms with van der Waals surface area (Å²) in [5.41, 5.74) is -0.0991. The van der Waals surface area contributed by atoms with Crippen molar-refractivity contribution < 1.29 is 19.2 Å². The lowest BCUT2D eigenvalue weighted by molar-refractivity contribution is -0.174. The SMILES string of the molecule is Cc1cc(C(=O)N2CCC3(CC2)OCCC[C@H]3O)no1. The number of piperidine rings is 1. The van der Waals surface area contributed by atoms with Crippen LogP contribution in [0.15, 0.2) is 10.6 Å². The van der Waals surface area contributed by atoms with E-state index >= 15 is 0 Å². The molecule has 6 heteroatoms. The van der Waals surface area contributed by atoms with Crippen molar-refractivity contribution in [3.63, 3.8) is 0 Å². The van der Waals surface area contributed by atoms with Crippen molar-refractivity contribution in [2.24, 2.45) is 0 Å². The van der Waals surface area contributed by atoms with E-state index < -0.39 is 11.7 Å². The number of hydrogen-bond donors (Lipinski definition) is 1. The number of rotatable bonds is 1. The molecule has 1 aromatic rings. The number of ether oxygens (including phenoxy) is 1. The zero-order valence-corrected chi connectivity index (χ0v) is 11.7. The van der Waals surface area contributed by atoms with Crippen LogP contribution in [0.4, 0.5) is 0 Å². The maximum absolute atomic E-state index is 12.3. The van der Waals surface area contributed by atoms with Crippen LogP contribution in [-0.4, -0.2) is 52.5 Å². The average molecular weight is 280 g/mol. The van der Waals surface area contributed by atoms with E-state index in [1.165, 1.54) is 0 Å². The number of aliphatic hydroxyl groups is 1. The highest BCUT2D eigenvalue weighted by Gasteiger charge is 2.44. The van der Waals surface area contributed by atoms with Crippen LogP contribution in [0.25, 0.3) is 0 Å². The monoisotopic (exact) mass is 280 g/mol. The molecule has 0 saturated carbocycles. The van der Waals surface area contributed by atoms with Gasteiger partial charge in [0.2, 0.25) is 0 Å². The third kappa shape index (κ3) is 2.33. The van der Waals surface area contributed by atoms with Crippen molar-refractivity contribution in [1.29, 1.82) is 0 Å². The Balaban J connectivity index is 1.65. The topological polar surface area (TPSA) is 75.8 Å². The van der Waals surface area contributed by atoms with E-state index in [0.29, 0.717) is 44.0 Å². The Labute approximate surface area is 117 Å². The molecule has 6 nitrogen and oxygen atoms in total. The van der Waals surface area contributed by atoms with Crippen molar-refractivity contribution in [2.45, 2.75) is 44.3 Å². The van der Waals surface area contributed by atoms with Gasteiger partial charge < -0.3 is 19.3 Å². The van der Waals surface area contributed by atoms with Crippen LogP contribution in [0, 0.1) is 6.92 Å². The summed E-state index contributed by atoms with van der Waals surface area (Å²) in [5.74, 6) is 0.523. The maximum Gasteiger partial charge on any atom is 0.276 e. The first-order valence-corrected chi connectivity index (χ1v) is 7.15. The number of carbonyl (C=O) groups excluding carboxylic acids is 1. The van der Waals surface area contributed by atoms with Crippen LogP contribution < -0.4 is 0 Å². The maximum atomic E-state index is 12.3. The van der Waals surface area contributed by atoms with Gasteiger partial charge in [0.1, 0.15) is 5.76 Å². The second-order valence-corrected chi connectivity index (χ2v) is 5.69. The average Bonchev–Trinajstić information content (AvgIpc) is 2.89. The molecule has 1 atom stereocenters. The lowest BCUT2D eigenvalue weighted by Gasteiger charge is -2.46. The van der Waals surface area contributed by atoms with Gasteiger partial charge in [-0.25, -0.2) is 0 Å². The number of amides is 1. The first kappa shape index (κ1) is 13.6. The second kappa shape index (κ2) is 5.18. The molecule has 3 heterocycles. The van der Waals surface area contributed by atoms with Crippen LogP contribution in [0.3, 0.4) is 0 Å². The van der Waals surface area contributed by atoms with Gasteiger partial charge >= 0.3 is 0 Å². The molecule has 0 aromatic carbocycles. The Morgan fingerprint density at radius 3 is 2.85 bits per heavy atom. The summed E-state index contributed by atoms with van der Waals surface area (Å²) in [7, 11) is 0. The molecule has 0 unspecified atom stereocenters. The lowest BCUT2D eigenvalue weighted by atomic mass is 9.82. The second-order valence-electron chi connectivity index (χ2n) is 5.69. The number of nitrogens with zero attached hydrogens (tertiary/aromatic N) is 2. The molecule has 2 aliphatic heterocycles. The summed E-state index contributed by atoms with van der Waals surface area (Å²) in [4.78, 5) is 14.0. The van der Waals surface area contributed by atoms with Gasteiger partial charge in [-0.2, -0.15) is 0 Å². The van der Waals surface area contributed by atoms with Gasteiger partial charge in [0, 0.05) is 25.8 Å². The molecule has 1 aromatic heterocycles. The van der Waals surface area contributed by atoms with Gasteiger partial charge in [-0.1, -0.05) is 5.16 Å². The van der Waals surface area contributed by atoms with Crippen molar-refractivity contribution in [3.8, 4) is 0 Å². The summed E-state index contributed by atoms with van der Waals surface area (Å²) in [6.07, 6.45) is 2.64. The number of hydrogen-bond acceptors (Lipinski definition) is 5. The minimum absolute atomic E-state index is 0.109. The molecule has 0 bridgehead atoms. The standard InChI is InChI=1S/C14H20N2O4/c1-10-9-11(15-20-10)13(18)16-6-4-14(5-7-16)12(17)3-2-8-19-14/h9,12,17H,2-8H2,1H3/t12-/m1/s1. The van der Waals surface area contributed by atoms with E-state index in [2.05, 4.69) is 5.16 Å². The van der Waals surface area contributed by atoms with E-state index in [1.807, 2.05) is 0 Å². The molecule has 0 radical (unpaired) electrons.